The molecule has 5 nitrogen and oxygen atoms in total. The molecule has 0 saturated carbocycles. The summed E-state index contributed by atoms with van der Waals surface area (Å²) in [6.07, 6.45) is 3.80. The fraction of sp³-hybridized carbons (Fsp3) is 0.474. The number of amides is 1. The van der Waals surface area contributed by atoms with Gasteiger partial charge < -0.3 is 15.1 Å². The number of benzene rings is 1. The second-order valence-corrected chi connectivity index (χ2v) is 6.85. The van der Waals surface area contributed by atoms with Gasteiger partial charge in [0, 0.05) is 56.1 Å². The molecule has 25 heavy (non-hydrogen) atoms. The Kier molecular flexibility index (Phi) is 4.53. The number of piperazine rings is 1. The van der Waals surface area contributed by atoms with E-state index in [0.717, 1.165) is 63.2 Å². The van der Waals surface area contributed by atoms with Gasteiger partial charge >= 0.3 is 0 Å². The Morgan fingerprint density at radius 1 is 1.20 bits per heavy atom. The fourth-order valence-electron chi connectivity index (χ4n) is 3.87. The molecule has 3 heterocycles. The van der Waals surface area contributed by atoms with Gasteiger partial charge in [0.2, 0.25) is 5.91 Å². The van der Waals surface area contributed by atoms with Crippen LogP contribution in [0.3, 0.4) is 0 Å². The summed E-state index contributed by atoms with van der Waals surface area (Å²) in [5.74, 6) is 0.146. The van der Waals surface area contributed by atoms with E-state index in [-0.39, 0.29) is 17.6 Å². The van der Waals surface area contributed by atoms with Gasteiger partial charge in [-0.3, -0.25) is 9.78 Å². The highest BCUT2D eigenvalue weighted by Crippen LogP contribution is 2.27. The summed E-state index contributed by atoms with van der Waals surface area (Å²) in [7, 11) is 0. The molecule has 0 bridgehead atoms. The maximum Gasteiger partial charge on any atom is 0.227 e. The zero-order valence-electron chi connectivity index (χ0n) is 14.2. The van der Waals surface area contributed by atoms with Crippen LogP contribution in [0.5, 0.6) is 0 Å². The lowest BCUT2D eigenvalue weighted by Gasteiger charge is -2.38. The van der Waals surface area contributed by atoms with Gasteiger partial charge in [-0.25, -0.2) is 4.39 Å². The Morgan fingerprint density at radius 3 is 2.80 bits per heavy atom. The van der Waals surface area contributed by atoms with Crippen molar-refractivity contribution in [3.63, 3.8) is 0 Å². The molecule has 132 valence electrons. The number of piperidine rings is 1. The molecule has 2 fully saturated rings. The van der Waals surface area contributed by atoms with Gasteiger partial charge in [0.05, 0.1) is 11.4 Å². The van der Waals surface area contributed by atoms with Crippen molar-refractivity contribution in [1.82, 2.24) is 15.2 Å². The number of rotatable bonds is 2. The topological polar surface area (TPSA) is 48.5 Å². The smallest absolute Gasteiger partial charge is 0.227 e. The van der Waals surface area contributed by atoms with E-state index in [9.17, 15) is 9.18 Å². The SMILES string of the molecule is O=C([C@@H]1CCCNC1)N1CCN(c2ccnc3cc(F)ccc23)CC1. The zero-order valence-corrected chi connectivity index (χ0v) is 14.2. The predicted molar refractivity (Wildman–Crippen MR) is 96.1 cm³/mol. The van der Waals surface area contributed by atoms with Crippen molar-refractivity contribution in [2.45, 2.75) is 12.8 Å². The molecule has 2 aliphatic rings. The Labute approximate surface area is 146 Å². The molecule has 1 aromatic carbocycles. The molecule has 2 saturated heterocycles. The minimum Gasteiger partial charge on any atom is -0.367 e. The lowest BCUT2D eigenvalue weighted by atomic mass is 9.98. The van der Waals surface area contributed by atoms with Crippen LogP contribution in [-0.2, 0) is 4.79 Å². The molecule has 1 amide bonds. The first-order chi connectivity index (χ1) is 12.2. The minimum atomic E-state index is -0.270. The Hall–Kier alpha value is -2.21. The number of anilines is 1. The minimum absolute atomic E-state index is 0.130. The second-order valence-electron chi connectivity index (χ2n) is 6.85. The highest BCUT2D eigenvalue weighted by Gasteiger charge is 2.28. The van der Waals surface area contributed by atoms with Crippen molar-refractivity contribution < 1.29 is 9.18 Å². The molecular formula is C19H23FN4O. The van der Waals surface area contributed by atoms with E-state index in [0.29, 0.717) is 5.52 Å². The lowest BCUT2D eigenvalue weighted by Crippen LogP contribution is -2.52. The van der Waals surface area contributed by atoms with Gasteiger partial charge in [-0.2, -0.15) is 0 Å². The van der Waals surface area contributed by atoms with Gasteiger partial charge in [-0.05, 0) is 37.6 Å². The third kappa shape index (κ3) is 3.31. The first kappa shape index (κ1) is 16.3. The fourth-order valence-corrected chi connectivity index (χ4v) is 3.87. The van der Waals surface area contributed by atoms with Crippen LogP contribution in [0.15, 0.2) is 30.5 Å². The molecule has 2 aliphatic heterocycles. The van der Waals surface area contributed by atoms with Crippen molar-refractivity contribution >= 4 is 22.5 Å². The zero-order chi connectivity index (χ0) is 17.2. The molecule has 1 atom stereocenters. The monoisotopic (exact) mass is 342 g/mol. The van der Waals surface area contributed by atoms with Gasteiger partial charge in [0.1, 0.15) is 5.82 Å². The van der Waals surface area contributed by atoms with Crippen LogP contribution in [-0.4, -0.2) is 55.1 Å². The number of pyridine rings is 1. The van der Waals surface area contributed by atoms with E-state index >= 15 is 0 Å². The van der Waals surface area contributed by atoms with E-state index in [2.05, 4.69) is 15.2 Å². The maximum absolute atomic E-state index is 13.4. The van der Waals surface area contributed by atoms with Gasteiger partial charge in [0.25, 0.3) is 0 Å². The van der Waals surface area contributed by atoms with Crippen LogP contribution in [0.1, 0.15) is 12.8 Å². The maximum atomic E-state index is 13.4. The Bertz CT molecular complexity index is 767. The molecular weight excluding hydrogens is 319 g/mol. The quantitative estimate of drug-likeness (QED) is 0.907. The number of fused-ring (bicyclic) bond motifs is 1. The summed E-state index contributed by atoms with van der Waals surface area (Å²) in [5, 5.41) is 4.28. The van der Waals surface area contributed by atoms with Crippen LogP contribution in [0.25, 0.3) is 10.9 Å². The van der Waals surface area contributed by atoms with Crippen LogP contribution >= 0.6 is 0 Å². The number of nitrogens with one attached hydrogen (secondary N) is 1. The van der Waals surface area contributed by atoms with E-state index < -0.39 is 0 Å². The lowest BCUT2D eigenvalue weighted by molar-refractivity contribution is -0.136. The molecule has 0 unspecified atom stereocenters. The third-order valence-electron chi connectivity index (χ3n) is 5.26. The Balaban J connectivity index is 1.46. The normalized spacial score (nSPS) is 21.6. The van der Waals surface area contributed by atoms with Crippen molar-refractivity contribution in [3.8, 4) is 0 Å². The van der Waals surface area contributed by atoms with Crippen molar-refractivity contribution in [2.75, 3.05) is 44.2 Å². The number of hydrogen-bond acceptors (Lipinski definition) is 4. The van der Waals surface area contributed by atoms with Crippen molar-refractivity contribution in [1.29, 1.82) is 0 Å². The van der Waals surface area contributed by atoms with Gasteiger partial charge in [0.15, 0.2) is 0 Å². The van der Waals surface area contributed by atoms with Crippen LogP contribution in [0.4, 0.5) is 10.1 Å². The molecule has 0 spiro atoms. The standard InChI is InChI=1S/C19H23FN4O/c20-15-3-4-16-17(12-15)22-7-5-18(16)23-8-10-24(11-9-23)19(25)14-2-1-6-21-13-14/h3-5,7,12,14,21H,1-2,6,8-11,13H2/t14-/m1/s1. The van der Waals surface area contributed by atoms with E-state index in [4.69, 9.17) is 0 Å². The van der Waals surface area contributed by atoms with Crippen LogP contribution < -0.4 is 10.2 Å². The average Bonchev–Trinajstić information content (AvgIpc) is 2.67. The Morgan fingerprint density at radius 2 is 2.04 bits per heavy atom. The number of carbonyl (C=O) groups excluding carboxylic acids is 1. The first-order valence-electron chi connectivity index (χ1n) is 9.01. The molecule has 1 aromatic heterocycles. The summed E-state index contributed by atoms with van der Waals surface area (Å²) in [4.78, 5) is 21.2. The number of nitrogens with zero attached hydrogens (tertiary/aromatic N) is 3. The van der Waals surface area contributed by atoms with Gasteiger partial charge in [-0.15, -0.1) is 0 Å². The second kappa shape index (κ2) is 6.96. The van der Waals surface area contributed by atoms with Crippen molar-refractivity contribution in [3.05, 3.63) is 36.3 Å². The molecule has 0 aliphatic carbocycles. The summed E-state index contributed by atoms with van der Waals surface area (Å²) < 4.78 is 13.4. The third-order valence-corrected chi connectivity index (χ3v) is 5.26. The summed E-state index contributed by atoms with van der Waals surface area (Å²) in [6, 6.07) is 6.71. The summed E-state index contributed by atoms with van der Waals surface area (Å²) in [6.45, 7) is 4.89. The molecule has 2 aromatic rings. The van der Waals surface area contributed by atoms with Crippen molar-refractivity contribution in [2.24, 2.45) is 5.92 Å². The summed E-state index contributed by atoms with van der Waals surface area (Å²) in [5.41, 5.74) is 1.74. The summed E-state index contributed by atoms with van der Waals surface area (Å²) >= 11 is 0. The largest absolute Gasteiger partial charge is 0.367 e. The van der Waals surface area contributed by atoms with Crippen LogP contribution in [0, 0.1) is 11.7 Å². The molecule has 0 radical (unpaired) electrons. The van der Waals surface area contributed by atoms with Gasteiger partial charge in [-0.1, -0.05) is 0 Å². The number of halogens is 1. The van der Waals surface area contributed by atoms with E-state index in [1.54, 1.807) is 12.3 Å². The highest BCUT2D eigenvalue weighted by atomic mass is 19.1. The molecule has 6 heteroatoms. The van der Waals surface area contributed by atoms with E-state index in [1.165, 1.54) is 12.1 Å². The number of aromatic nitrogens is 1. The van der Waals surface area contributed by atoms with E-state index in [1.807, 2.05) is 11.0 Å². The first-order valence-corrected chi connectivity index (χ1v) is 9.01. The average molecular weight is 342 g/mol. The highest BCUT2D eigenvalue weighted by molar-refractivity contribution is 5.91. The predicted octanol–water partition coefficient (Wildman–Crippen LogP) is 2.02. The molecule has 4 rings (SSSR count). The number of carbonyl (C=O) groups is 1. The molecule has 1 N–H and O–H groups in total. The number of hydrogen-bond donors (Lipinski definition) is 1. The van der Waals surface area contributed by atoms with Crippen LogP contribution in [0.2, 0.25) is 0 Å².